The summed E-state index contributed by atoms with van der Waals surface area (Å²) in [5.74, 6) is -1.62. The number of benzene rings is 2. The second-order valence-corrected chi connectivity index (χ2v) is 7.57. The molecular formula is C23H21FN2O4S. The monoisotopic (exact) mass is 440 g/mol. The minimum Gasteiger partial charge on any atom is -0.452 e. The second-order valence-electron chi connectivity index (χ2n) is 6.62. The number of rotatable bonds is 8. The molecule has 6 nitrogen and oxygen atoms in total. The Hall–Kier alpha value is -3.52. The fraction of sp³-hybridized carbons (Fsp3) is 0.174. The third kappa shape index (κ3) is 6.23. The number of nitrogens with zero attached hydrogens (tertiary/aromatic N) is 1. The summed E-state index contributed by atoms with van der Waals surface area (Å²) < 4.78 is 18.5. The summed E-state index contributed by atoms with van der Waals surface area (Å²) in [7, 11) is 0. The van der Waals surface area contributed by atoms with Crippen molar-refractivity contribution in [1.82, 2.24) is 4.90 Å². The Balaban J connectivity index is 1.52. The molecule has 8 heteroatoms. The molecule has 2 aromatic carbocycles. The van der Waals surface area contributed by atoms with Gasteiger partial charge in [0.05, 0.1) is 10.4 Å². The van der Waals surface area contributed by atoms with E-state index in [0.717, 1.165) is 0 Å². The highest BCUT2D eigenvalue weighted by Crippen LogP contribution is 2.15. The number of thiophene rings is 1. The number of hydrogen-bond acceptors (Lipinski definition) is 5. The van der Waals surface area contributed by atoms with Gasteiger partial charge in [0.2, 0.25) is 0 Å². The lowest BCUT2D eigenvalue weighted by Crippen LogP contribution is -2.34. The minimum atomic E-state index is -0.647. The Labute approximate surface area is 183 Å². The highest BCUT2D eigenvalue weighted by Gasteiger charge is 2.16. The van der Waals surface area contributed by atoms with Crippen molar-refractivity contribution in [3.63, 3.8) is 0 Å². The van der Waals surface area contributed by atoms with Gasteiger partial charge in [0.1, 0.15) is 5.82 Å². The zero-order valence-corrected chi connectivity index (χ0v) is 17.7. The predicted octanol–water partition coefficient (Wildman–Crippen LogP) is 4.35. The Kier molecular flexibility index (Phi) is 7.50. The van der Waals surface area contributed by atoms with Crippen LogP contribution >= 0.6 is 11.3 Å². The van der Waals surface area contributed by atoms with Crippen LogP contribution in [0.15, 0.2) is 66.0 Å². The van der Waals surface area contributed by atoms with Crippen LogP contribution in [0, 0.1) is 5.82 Å². The van der Waals surface area contributed by atoms with E-state index in [-0.39, 0.29) is 29.7 Å². The topological polar surface area (TPSA) is 75.7 Å². The molecule has 0 saturated heterocycles. The molecule has 0 bridgehead atoms. The number of likely N-dealkylation sites (N-methyl/N-ethyl adjacent to an activating group) is 1. The van der Waals surface area contributed by atoms with Crippen LogP contribution in [0.3, 0.4) is 0 Å². The van der Waals surface area contributed by atoms with Crippen LogP contribution in [-0.4, -0.2) is 35.8 Å². The van der Waals surface area contributed by atoms with E-state index >= 15 is 0 Å². The van der Waals surface area contributed by atoms with E-state index in [0.29, 0.717) is 22.7 Å². The molecule has 160 valence electrons. The maximum Gasteiger partial charge on any atom is 0.338 e. The fourth-order valence-electron chi connectivity index (χ4n) is 2.82. The smallest absolute Gasteiger partial charge is 0.338 e. The Morgan fingerprint density at radius 1 is 1.06 bits per heavy atom. The number of carbonyl (C=O) groups is 3. The quantitative estimate of drug-likeness (QED) is 0.529. The molecule has 0 saturated carbocycles. The van der Waals surface area contributed by atoms with E-state index < -0.39 is 12.6 Å². The van der Waals surface area contributed by atoms with Crippen molar-refractivity contribution >= 4 is 34.8 Å². The SMILES string of the molecule is CCN(Cc1cccc(F)c1)C(=O)COC(=O)c1ccc(NC(=O)c2cccs2)cc1. The van der Waals surface area contributed by atoms with Gasteiger partial charge in [0.25, 0.3) is 11.8 Å². The Bertz CT molecular complexity index is 1050. The number of carbonyl (C=O) groups excluding carboxylic acids is 3. The van der Waals surface area contributed by atoms with Crippen LogP contribution in [-0.2, 0) is 16.1 Å². The molecule has 0 aliphatic heterocycles. The highest BCUT2D eigenvalue weighted by atomic mass is 32.1. The lowest BCUT2D eigenvalue weighted by atomic mass is 10.2. The molecule has 2 amide bonds. The summed E-state index contributed by atoms with van der Waals surface area (Å²) in [6.07, 6.45) is 0. The van der Waals surface area contributed by atoms with E-state index in [4.69, 9.17) is 4.74 Å². The summed E-state index contributed by atoms with van der Waals surface area (Å²) in [5.41, 5.74) is 1.45. The van der Waals surface area contributed by atoms with Gasteiger partial charge in [-0.25, -0.2) is 9.18 Å². The lowest BCUT2D eigenvalue weighted by molar-refractivity contribution is -0.134. The second kappa shape index (κ2) is 10.5. The summed E-state index contributed by atoms with van der Waals surface area (Å²) >= 11 is 1.33. The van der Waals surface area contributed by atoms with Gasteiger partial charge in [0, 0.05) is 18.8 Å². The molecule has 1 N–H and O–H groups in total. The standard InChI is InChI=1S/C23H21FN2O4S/c1-2-26(14-16-5-3-6-18(24)13-16)21(27)15-30-23(29)17-8-10-19(11-9-17)25-22(28)20-7-4-12-31-20/h3-13H,2,14-15H2,1H3,(H,25,28). The van der Waals surface area contributed by atoms with Crippen molar-refractivity contribution in [1.29, 1.82) is 0 Å². The molecule has 1 heterocycles. The van der Waals surface area contributed by atoms with Crippen molar-refractivity contribution in [2.24, 2.45) is 0 Å². The number of hydrogen-bond donors (Lipinski definition) is 1. The number of anilines is 1. The summed E-state index contributed by atoms with van der Waals surface area (Å²) in [6.45, 7) is 2.00. The molecule has 0 spiro atoms. The number of halogens is 1. The molecule has 0 aliphatic carbocycles. The van der Waals surface area contributed by atoms with E-state index in [2.05, 4.69) is 5.32 Å². The first-order valence-corrected chi connectivity index (χ1v) is 10.5. The van der Waals surface area contributed by atoms with E-state index in [1.165, 1.54) is 40.5 Å². The number of esters is 1. The van der Waals surface area contributed by atoms with Gasteiger partial charge in [-0.15, -0.1) is 11.3 Å². The zero-order valence-electron chi connectivity index (χ0n) is 16.8. The molecule has 0 atom stereocenters. The average Bonchev–Trinajstić information content (AvgIpc) is 3.31. The Morgan fingerprint density at radius 2 is 1.84 bits per heavy atom. The molecule has 0 unspecified atom stereocenters. The van der Waals surface area contributed by atoms with Crippen molar-refractivity contribution in [2.45, 2.75) is 13.5 Å². The Morgan fingerprint density at radius 3 is 2.48 bits per heavy atom. The van der Waals surface area contributed by atoms with Gasteiger partial charge in [-0.1, -0.05) is 18.2 Å². The number of nitrogens with one attached hydrogen (secondary N) is 1. The van der Waals surface area contributed by atoms with Gasteiger partial charge < -0.3 is 15.0 Å². The molecule has 0 aliphatic rings. The van der Waals surface area contributed by atoms with E-state index in [1.807, 2.05) is 5.38 Å². The van der Waals surface area contributed by atoms with Crippen molar-refractivity contribution in [3.8, 4) is 0 Å². The summed E-state index contributed by atoms with van der Waals surface area (Å²) in [5, 5.41) is 4.55. The molecule has 31 heavy (non-hydrogen) atoms. The van der Waals surface area contributed by atoms with Crippen molar-refractivity contribution in [3.05, 3.63) is 87.9 Å². The van der Waals surface area contributed by atoms with Crippen LogP contribution in [0.2, 0.25) is 0 Å². The molecule has 0 fully saturated rings. The van der Waals surface area contributed by atoms with Gasteiger partial charge >= 0.3 is 5.97 Å². The predicted molar refractivity (Wildman–Crippen MR) is 116 cm³/mol. The zero-order chi connectivity index (χ0) is 22.2. The van der Waals surface area contributed by atoms with Crippen LogP contribution in [0.5, 0.6) is 0 Å². The van der Waals surface area contributed by atoms with E-state index in [1.54, 1.807) is 43.3 Å². The third-order valence-corrected chi connectivity index (χ3v) is 5.32. The molecule has 1 aromatic heterocycles. The van der Waals surface area contributed by atoms with Crippen molar-refractivity contribution < 1.29 is 23.5 Å². The van der Waals surface area contributed by atoms with Gasteiger partial charge in [0.15, 0.2) is 6.61 Å². The first-order valence-electron chi connectivity index (χ1n) is 9.60. The third-order valence-electron chi connectivity index (χ3n) is 4.45. The average molecular weight is 440 g/mol. The van der Waals surface area contributed by atoms with Gasteiger partial charge in [-0.3, -0.25) is 9.59 Å². The summed E-state index contributed by atoms with van der Waals surface area (Å²) in [4.78, 5) is 38.8. The summed E-state index contributed by atoms with van der Waals surface area (Å²) in [6, 6.07) is 15.7. The molecular weight excluding hydrogens is 419 g/mol. The number of ether oxygens (including phenoxy) is 1. The van der Waals surface area contributed by atoms with Crippen LogP contribution < -0.4 is 5.32 Å². The lowest BCUT2D eigenvalue weighted by Gasteiger charge is -2.21. The normalized spacial score (nSPS) is 10.4. The van der Waals surface area contributed by atoms with Crippen LogP contribution in [0.4, 0.5) is 10.1 Å². The van der Waals surface area contributed by atoms with Gasteiger partial charge in [-0.2, -0.15) is 0 Å². The largest absolute Gasteiger partial charge is 0.452 e. The van der Waals surface area contributed by atoms with Crippen LogP contribution in [0.25, 0.3) is 0 Å². The first-order chi connectivity index (χ1) is 15.0. The first kappa shape index (κ1) is 22.2. The molecule has 3 aromatic rings. The maximum atomic E-state index is 13.3. The van der Waals surface area contributed by atoms with Gasteiger partial charge in [-0.05, 0) is 60.3 Å². The molecule has 3 rings (SSSR count). The minimum absolute atomic E-state index is 0.225. The van der Waals surface area contributed by atoms with Crippen LogP contribution in [0.1, 0.15) is 32.5 Å². The highest BCUT2D eigenvalue weighted by molar-refractivity contribution is 7.12. The fourth-order valence-corrected chi connectivity index (χ4v) is 3.44. The van der Waals surface area contributed by atoms with E-state index in [9.17, 15) is 18.8 Å². The van der Waals surface area contributed by atoms with Crippen molar-refractivity contribution in [2.75, 3.05) is 18.5 Å². The molecule has 0 radical (unpaired) electrons. The maximum absolute atomic E-state index is 13.3. The number of amides is 2.